The summed E-state index contributed by atoms with van der Waals surface area (Å²) in [5, 5.41) is 0. The Kier molecular flexibility index (Phi) is 1.82. The molecule has 3 heteroatoms. The van der Waals surface area contributed by atoms with Gasteiger partial charge in [0.1, 0.15) is 0 Å². The number of likely N-dealkylation sites (N-methyl/N-ethyl adjacent to an activating group) is 1. The van der Waals surface area contributed by atoms with Gasteiger partial charge >= 0.3 is 0 Å². The van der Waals surface area contributed by atoms with E-state index in [1.54, 1.807) is 4.90 Å². The maximum atomic E-state index is 12.4. The van der Waals surface area contributed by atoms with Gasteiger partial charge in [-0.3, -0.25) is 4.79 Å². The van der Waals surface area contributed by atoms with Crippen molar-refractivity contribution in [1.29, 1.82) is 0 Å². The van der Waals surface area contributed by atoms with Crippen molar-refractivity contribution in [3.8, 4) is 0 Å². The number of nitrogens with zero attached hydrogens (tertiary/aromatic N) is 1. The summed E-state index contributed by atoms with van der Waals surface area (Å²) in [4.78, 5) is 14.2. The highest BCUT2D eigenvalue weighted by Crippen LogP contribution is 2.51. The predicted octanol–water partition coefficient (Wildman–Crippen LogP) is 2.06. The molecule has 3 nitrogen and oxygen atoms in total. The number of nitrogens with two attached hydrogens (primary N) is 1. The predicted molar refractivity (Wildman–Crippen MR) is 64.4 cm³/mol. The third kappa shape index (κ3) is 1.01. The number of benzene rings is 1. The molecule has 1 aliphatic heterocycles. The lowest BCUT2D eigenvalue weighted by Crippen LogP contribution is -2.36. The van der Waals surface area contributed by atoms with E-state index in [2.05, 4.69) is 0 Å². The second kappa shape index (κ2) is 3.00. The Balaban J connectivity index is 2.22. The normalized spacial score (nSPS) is 21.8. The van der Waals surface area contributed by atoms with E-state index in [1.807, 2.05) is 25.2 Å². The summed E-state index contributed by atoms with van der Waals surface area (Å²) in [6.07, 6.45) is 4.30. The van der Waals surface area contributed by atoms with Crippen molar-refractivity contribution in [3.05, 3.63) is 23.8 Å². The molecule has 0 saturated heterocycles. The molecular weight excluding hydrogens is 200 g/mol. The molecule has 1 aromatic carbocycles. The van der Waals surface area contributed by atoms with Crippen molar-refractivity contribution in [2.75, 3.05) is 17.7 Å². The topological polar surface area (TPSA) is 46.3 Å². The molecule has 0 unspecified atom stereocenters. The summed E-state index contributed by atoms with van der Waals surface area (Å²) >= 11 is 0. The first-order chi connectivity index (χ1) is 7.65. The van der Waals surface area contributed by atoms with Crippen LogP contribution in [0.3, 0.4) is 0 Å². The quantitative estimate of drug-likeness (QED) is 0.675. The van der Waals surface area contributed by atoms with Crippen LogP contribution in [0.2, 0.25) is 0 Å². The van der Waals surface area contributed by atoms with Crippen molar-refractivity contribution >= 4 is 17.3 Å². The molecule has 0 aromatic heterocycles. The average Bonchev–Trinajstić information content (AvgIpc) is 2.83. The van der Waals surface area contributed by atoms with Gasteiger partial charge in [0.25, 0.3) is 0 Å². The molecule has 1 aromatic rings. The molecule has 1 amide bonds. The van der Waals surface area contributed by atoms with E-state index in [0.29, 0.717) is 0 Å². The van der Waals surface area contributed by atoms with Crippen LogP contribution in [0.25, 0.3) is 0 Å². The summed E-state index contributed by atoms with van der Waals surface area (Å²) in [5.74, 6) is 0.255. The van der Waals surface area contributed by atoms with E-state index >= 15 is 0 Å². The number of hydrogen-bond donors (Lipinski definition) is 1. The Labute approximate surface area is 95.2 Å². The van der Waals surface area contributed by atoms with Gasteiger partial charge in [0, 0.05) is 18.4 Å². The fourth-order valence-electron chi connectivity index (χ4n) is 3.24. The minimum Gasteiger partial charge on any atom is -0.399 e. The monoisotopic (exact) mass is 216 g/mol. The SMILES string of the molecule is CN1C(=O)C2(CCCC2)c2ccc(N)cc21. The van der Waals surface area contributed by atoms with E-state index < -0.39 is 0 Å². The molecule has 1 saturated carbocycles. The number of fused-ring (bicyclic) bond motifs is 2. The lowest BCUT2D eigenvalue weighted by Gasteiger charge is -2.21. The smallest absolute Gasteiger partial charge is 0.237 e. The summed E-state index contributed by atoms with van der Waals surface area (Å²) in [7, 11) is 1.85. The number of hydrogen-bond acceptors (Lipinski definition) is 2. The molecule has 1 aliphatic carbocycles. The Morgan fingerprint density at radius 1 is 1.31 bits per heavy atom. The van der Waals surface area contributed by atoms with Gasteiger partial charge in [-0.2, -0.15) is 0 Å². The van der Waals surface area contributed by atoms with Crippen molar-refractivity contribution < 1.29 is 4.79 Å². The summed E-state index contributed by atoms with van der Waals surface area (Å²) in [6.45, 7) is 0. The van der Waals surface area contributed by atoms with Crippen LogP contribution in [0.5, 0.6) is 0 Å². The average molecular weight is 216 g/mol. The highest BCUT2D eigenvalue weighted by Gasteiger charge is 2.50. The molecule has 2 N–H and O–H groups in total. The largest absolute Gasteiger partial charge is 0.399 e. The van der Waals surface area contributed by atoms with Crippen LogP contribution in [0.4, 0.5) is 11.4 Å². The van der Waals surface area contributed by atoms with Crippen molar-refractivity contribution in [3.63, 3.8) is 0 Å². The second-order valence-electron chi connectivity index (χ2n) is 4.93. The molecule has 16 heavy (non-hydrogen) atoms. The summed E-state index contributed by atoms with van der Waals surface area (Å²) < 4.78 is 0. The van der Waals surface area contributed by atoms with Gasteiger partial charge in [-0.1, -0.05) is 18.9 Å². The number of nitrogen functional groups attached to an aromatic ring is 1. The van der Waals surface area contributed by atoms with Gasteiger partial charge in [0.2, 0.25) is 5.91 Å². The fourth-order valence-corrected chi connectivity index (χ4v) is 3.24. The molecule has 0 radical (unpaired) electrons. The maximum Gasteiger partial charge on any atom is 0.237 e. The zero-order valence-corrected chi connectivity index (χ0v) is 9.49. The van der Waals surface area contributed by atoms with Gasteiger partial charge in [0.15, 0.2) is 0 Å². The number of carbonyl (C=O) groups excluding carboxylic acids is 1. The zero-order valence-electron chi connectivity index (χ0n) is 9.49. The maximum absolute atomic E-state index is 12.4. The Bertz CT molecular complexity index is 461. The number of anilines is 2. The van der Waals surface area contributed by atoms with Crippen molar-refractivity contribution in [1.82, 2.24) is 0 Å². The second-order valence-corrected chi connectivity index (χ2v) is 4.93. The fraction of sp³-hybridized carbons (Fsp3) is 0.462. The molecular formula is C13H16N2O. The van der Waals surface area contributed by atoms with Gasteiger partial charge in [-0.05, 0) is 30.5 Å². The molecule has 0 atom stereocenters. The number of rotatable bonds is 0. The van der Waals surface area contributed by atoms with Crippen LogP contribution in [-0.2, 0) is 10.2 Å². The van der Waals surface area contributed by atoms with Crippen molar-refractivity contribution in [2.24, 2.45) is 0 Å². The van der Waals surface area contributed by atoms with Crippen LogP contribution < -0.4 is 10.6 Å². The summed E-state index contributed by atoms with van der Waals surface area (Å²) in [5.41, 5.74) is 8.49. The first-order valence-corrected chi connectivity index (χ1v) is 5.83. The van der Waals surface area contributed by atoms with Crippen LogP contribution in [0, 0.1) is 0 Å². The molecule has 84 valence electrons. The lowest BCUT2D eigenvalue weighted by atomic mass is 9.80. The van der Waals surface area contributed by atoms with E-state index in [1.165, 1.54) is 5.56 Å². The lowest BCUT2D eigenvalue weighted by molar-refractivity contribution is -0.122. The van der Waals surface area contributed by atoms with Gasteiger partial charge in [-0.25, -0.2) is 0 Å². The Morgan fingerprint density at radius 3 is 2.69 bits per heavy atom. The molecule has 1 heterocycles. The molecule has 0 bridgehead atoms. The van der Waals surface area contributed by atoms with Gasteiger partial charge < -0.3 is 10.6 Å². The molecule has 1 fully saturated rings. The zero-order chi connectivity index (χ0) is 11.3. The number of amides is 1. The van der Waals surface area contributed by atoms with E-state index in [-0.39, 0.29) is 11.3 Å². The van der Waals surface area contributed by atoms with Crippen LogP contribution in [0.15, 0.2) is 18.2 Å². The highest BCUT2D eigenvalue weighted by atomic mass is 16.2. The van der Waals surface area contributed by atoms with E-state index in [9.17, 15) is 4.79 Å². The van der Waals surface area contributed by atoms with E-state index in [4.69, 9.17) is 5.73 Å². The van der Waals surface area contributed by atoms with E-state index in [0.717, 1.165) is 37.1 Å². The van der Waals surface area contributed by atoms with Gasteiger partial charge in [-0.15, -0.1) is 0 Å². The standard InChI is InChI=1S/C13H16N2O/c1-15-11-8-9(14)4-5-10(11)13(12(15)16)6-2-3-7-13/h4-5,8H,2-3,6-7,14H2,1H3. The Morgan fingerprint density at radius 2 is 2.00 bits per heavy atom. The number of carbonyl (C=O) groups is 1. The first kappa shape index (κ1) is 9.70. The highest BCUT2D eigenvalue weighted by molar-refractivity contribution is 6.08. The van der Waals surface area contributed by atoms with Crippen LogP contribution in [0.1, 0.15) is 31.2 Å². The first-order valence-electron chi connectivity index (χ1n) is 5.83. The minimum absolute atomic E-state index is 0.224. The third-order valence-corrected chi connectivity index (χ3v) is 4.07. The molecule has 2 aliphatic rings. The van der Waals surface area contributed by atoms with Crippen LogP contribution in [-0.4, -0.2) is 13.0 Å². The molecule has 1 spiro atoms. The molecule has 3 rings (SSSR count). The summed E-state index contributed by atoms with van der Waals surface area (Å²) in [6, 6.07) is 5.86. The van der Waals surface area contributed by atoms with Crippen LogP contribution >= 0.6 is 0 Å². The van der Waals surface area contributed by atoms with Gasteiger partial charge in [0.05, 0.1) is 5.41 Å². The third-order valence-electron chi connectivity index (χ3n) is 4.07. The van der Waals surface area contributed by atoms with Crippen molar-refractivity contribution in [2.45, 2.75) is 31.1 Å². The minimum atomic E-state index is -0.224. The Hall–Kier alpha value is -1.51.